The van der Waals surface area contributed by atoms with Gasteiger partial charge in [0.05, 0.1) is 4.88 Å². The van der Waals surface area contributed by atoms with Crippen LogP contribution < -0.4 is 0 Å². The first-order valence-electron chi connectivity index (χ1n) is 7.15. The second-order valence-corrected chi connectivity index (χ2v) is 6.18. The van der Waals surface area contributed by atoms with Crippen LogP contribution >= 0.6 is 11.3 Å². The molecule has 0 unspecified atom stereocenters. The molecule has 0 bridgehead atoms. The minimum Gasteiger partial charge on any atom is -0.297 e. The number of aldehydes is 1. The van der Waals surface area contributed by atoms with Crippen LogP contribution in [0.5, 0.6) is 0 Å². The third-order valence-electron chi connectivity index (χ3n) is 3.67. The molecule has 3 aromatic rings. The minimum atomic E-state index is -0.267. The Hall–Kier alpha value is -2.26. The molecule has 3 rings (SSSR count). The van der Waals surface area contributed by atoms with E-state index in [1.54, 1.807) is 24.3 Å². The smallest absolute Gasteiger partial charge is 0.160 e. The third kappa shape index (κ3) is 2.85. The van der Waals surface area contributed by atoms with Crippen molar-refractivity contribution in [3.63, 3.8) is 0 Å². The van der Waals surface area contributed by atoms with E-state index < -0.39 is 0 Å². The lowest BCUT2D eigenvalue weighted by molar-refractivity contribution is 0.112. The highest BCUT2D eigenvalue weighted by Gasteiger charge is 2.09. The first-order chi connectivity index (χ1) is 10.7. The summed E-state index contributed by atoms with van der Waals surface area (Å²) in [5.74, 6) is -0.267. The molecule has 1 nitrogen and oxygen atoms in total. The molecule has 0 N–H and O–H groups in total. The molecule has 0 saturated heterocycles. The zero-order valence-corrected chi connectivity index (χ0v) is 13.0. The third-order valence-corrected chi connectivity index (χ3v) is 4.72. The van der Waals surface area contributed by atoms with Gasteiger partial charge in [-0.25, -0.2) is 4.39 Å². The summed E-state index contributed by atoms with van der Waals surface area (Å²) in [7, 11) is 0. The minimum absolute atomic E-state index is 0.267. The standard InChI is InChI=1S/C19H15FOS/c1-2-13-3-5-14(6-4-13)15-7-9-17(18(20)11-15)19-10-8-16(12-21)22-19/h3-12H,2H2,1H3. The van der Waals surface area contributed by atoms with Crippen molar-refractivity contribution in [2.24, 2.45) is 0 Å². The molecule has 0 radical (unpaired) electrons. The number of aryl methyl sites for hydroxylation is 1. The van der Waals surface area contributed by atoms with E-state index in [0.717, 1.165) is 28.7 Å². The van der Waals surface area contributed by atoms with Gasteiger partial charge >= 0.3 is 0 Å². The zero-order chi connectivity index (χ0) is 15.5. The number of rotatable bonds is 4. The molecule has 1 aromatic heterocycles. The monoisotopic (exact) mass is 310 g/mol. The van der Waals surface area contributed by atoms with Gasteiger partial charge in [-0.2, -0.15) is 0 Å². The Kier molecular flexibility index (Phi) is 4.16. The fraction of sp³-hybridized carbons (Fsp3) is 0.105. The van der Waals surface area contributed by atoms with Gasteiger partial charge in [-0.15, -0.1) is 11.3 Å². The van der Waals surface area contributed by atoms with Crippen molar-refractivity contribution in [3.8, 4) is 21.6 Å². The molecule has 0 fully saturated rings. The van der Waals surface area contributed by atoms with E-state index >= 15 is 0 Å². The topological polar surface area (TPSA) is 17.1 Å². The van der Waals surface area contributed by atoms with Crippen molar-refractivity contribution in [2.75, 3.05) is 0 Å². The van der Waals surface area contributed by atoms with Crippen LogP contribution in [0.25, 0.3) is 21.6 Å². The molecule has 22 heavy (non-hydrogen) atoms. The lowest BCUT2D eigenvalue weighted by Gasteiger charge is -2.06. The number of carbonyl (C=O) groups excluding carboxylic acids is 1. The number of thiophene rings is 1. The summed E-state index contributed by atoms with van der Waals surface area (Å²) in [5.41, 5.74) is 3.66. The summed E-state index contributed by atoms with van der Waals surface area (Å²) in [6.45, 7) is 2.11. The fourth-order valence-electron chi connectivity index (χ4n) is 2.39. The molecule has 0 aliphatic carbocycles. The van der Waals surface area contributed by atoms with Crippen molar-refractivity contribution in [1.29, 1.82) is 0 Å². The van der Waals surface area contributed by atoms with Crippen molar-refractivity contribution in [1.82, 2.24) is 0 Å². The van der Waals surface area contributed by atoms with Crippen LogP contribution in [0.3, 0.4) is 0 Å². The molecule has 0 saturated carbocycles. The molecule has 0 spiro atoms. The number of hydrogen-bond acceptors (Lipinski definition) is 2. The van der Waals surface area contributed by atoms with E-state index in [-0.39, 0.29) is 5.82 Å². The van der Waals surface area contributed by atoms with Crippen LogP contribution in [0, 0.1) is 5.82 Å². The fourth-order valence-corrected chi connectivity index (χ4v) is 3.24. The largest absolute Gasteiger partial charge is 0.297 e. The summed E-state index contributed by atoms with van der Waals surface area (Å²) >= 11 is 1.30. The Labute approximate surface area is 133 Å². The molecule has 0 aliphatic rings. The lowest BCUT2D eigenvalue weighted by atomic mass is 10.0. The zero-order valence-electron chi connectivity index (χ0n) is 12.2. The Morgan fingerprint density at radius 3 is 2.32 bits per heavy atom. The highest BCUT2D eigenvalue weighted by Crippen LogP contribution is 2.32. The summed E-state index contributed by atoms with van der Waals surface area (Å²) in [5, 5.41) is 0. The molecule has 0 aliphatic heterocycles. The van der Waals surface area contributed by atoms with Gasteiger partial charge in [0.15, 0.2) is 6.29 Å². The predicted molar refractivity (Wildman–Crippen MR) is 89.9 cm³/mol. The van der Waals surface area contributed by atoms with Gasteiger partial charge in [-0.3, -0.25) is 4.79 Å². The molecule has 2 aromatic carbocycles. The average Bonchev–Trinajstić information content (AvgIpc) is 3.03. The lowest BCUT2D eigenvalue weighted by Crippen LogP contribution is -1.86. The number of hydrogen-bond donors (Lipinski definition) is 0. The molecule has 3 heteroatoms. The molecule has 0 atom stereocenters. The average molecular weight is 310 g/mol. The van der Waals surface area contributed by atoms with E-state index in [1.165, 1.54) is 16.9 Å². The van der Waals surface area contributed by atoms with Crippen molar-refractivity contribution >= 4 is 17.6 Å². The maximum Gasteiger partial charge on any atom is 0.160 e. The van der Waals surface area contributed by atoms with E-state index in [9.17, 15) is 9.18 Å². The van der Waals surface area contributed by atoms with Crippen LogP contribution in [0.15, 0.2) is 54.6 Å². The number of halogens is 1. The van der Waals surface area contributed by atoms with Crippen LogP contribution in [-0.4, -0.2) is 6.29 Å². The first kappa shape index (κ1) is 14.7. The Balaban J connectivity index is 1.95. The van der Waals surface area contributed by atoms with Crippen molar-refractivity contribution in [2.45, 2.75) is 13.3 Å². The van der Waals surface area contributed by atoms with Crippen LogP contribution in [0.2, 0.25) is 0 Å². The van der Waals surface area contributed by atoms with Gasteiger partial charge in [-0.1, -0.05) is 37.3 Å². The first-order valence-corrected chi connectivity index (χ1v) is 7.97. The summed E-state index contributed by atoms with van der Waals surface area (Å²) in [4.78, 5) is 12.1. The highest BCUT2D eigenvalue weighted by atomic mass is 32.1. The summed E-state index contributed by atoms with van der Waals surface area (Å²) in [6.07, 6.45) is 1.78. The van der Waals surface area contributed by atoms with Gasteiger partial charge in [-0.05, 0) is 47.4 Å². The van der Waals surface area contributed by atoms with Crippen LogP contribution in [0.1, 0.15) is 22.2 Å². The van der Waals surface area contributed by atoms with E-state index in [2.05, 4.69) is 19.1 Å². The second-order valence-electron chi connectivity index (χ2n) is 5.06. The van der Waals surface area contributed by atoms with Crippen LogP contribution in [-0.2, 0) is 6.42 Å². The van der Waals surface area contributed by atoms with Crippen molar-refractivity contribution < 1.29 is 9.18 Å². The van der Waals surface area contributed by atoms with Gasteiger partial charge in [0.25, 0.3) is 0 Å². The molecular weight excluding hydrogens is 295 g/mol. The quantitative estimate of drug-likeness (QED) is 0.574. The van der Waals surface area contributed by atoms with Gasteiger partial charge in [0, 0.05) is 10.4 Å². The normalized spacial score (nSPS) is 10.6. The van der Waals surface area contributed by atoms with Gasteiger partial charge < -0.3 is 0 Å². The molecule has 1 heterocycles. The summed E-state index contributed by atoms with van der Waals surface area (Å²) < 4.78 is 14.4. The Bertz CT molecular complexity index is 803. The maximum atomic E-state index is 14.4. The summed E-state index contributed by atoms with van der Waals surface area (Å²) in [6, 6.07) is 16.9. The van der Waals surface area contributed by atoms with Gasteiger partial charge in [0.2, 0.25) is 0 Å². The van der Waals surface area contributed by atoms with E-state index in [1.807, 2.05) is 18.2 Å². The maximum absolute atomic E-state index is 14.4. The Morgan fingerprint density at radius 1 is 1.00 bits per heavy atom. The van der Waals surface area contributed by atoms with Crippen molar-refractivity contribution in [3.05, 3.63) is 70.9 Å². The SMILES string of the molecule is CCc1ccc(-c2ccc(-c3ccc(C=O)s3)c(F)c2)cc1. The molecular formula is C19H15FOS. The number of benzene rings is 2. The second kappa shape index (κ2) is 6.24. The number of carbonyl (C=O) groups is 1. The van der Waals surface area contributed by atoms with Gasteiger partial charge in [0.1, 0.15) is 5.82 Å². The van der Waals surface area contributed by atoms with E-state index in [0.29, 0.717) is 10.4 Å². The molecule has 0 amide bonds. The predicted octanol–water partition coefficient (Wildman–Crippen LogP) is 5.60. The highest BCUT2D eigenvalue weighted by molar-refractivity contribution is 7.17. The Morgan fingerprint density at radius 2 is 1.73 bits per heavy atom. The molecule has 110 valence electrons. The van der Waals surface area contributed by atoms with E-state index in [4.69, 9.17) is 0 Å². The van der Waals surface area contributed by atoms with Crippen LogP contribution in [0.4, 0.5) is 4.39 Å².